The van der Waals surface area contributed by atoms with E-state index in [0.29, 0.717) is 23.6 Å². The summed E-state index contributed by atoms with van der Waals surface area (Å²) >= 11 is 5.95. The van der Waals surface area contributed by atoms with E-state index < -0.39 is 0 Å². The molecule has 0 fully saturated rings. The highest BCUT2D eigenvalue weighted by molar-refractivity contribution is 6.33. The summed E-state index contributed by atoms with van der Waals surface area (Å²) in [5.74, 6) is -0.119. The SMILES string of the molecule is NC(CCC(=O)Nc1cnccc1Cl)c1ccccc1. The standard InChI is InChI=1S/C15H16ClN3O/c16-12-8-9-18-10-14(12)19-15(20)7-6-13(17)11-4-2-1-3-5-11/h1-5,8-10,13H,6-7,17H2,(H,19,20). The molecule has 104 valence electrons. The number of nitrogens with one attached hydrogen (secondary N) is 1. The number of benzene rings is 1. The van der Waals surface area contributed by atoms with Gasteiger partial charge in [0, 0.05) is 18.7 Å². The number of anilines is 1. The molecule has 0 aliphatic heterocycles. The molecule has 1 heterocycles. The molecule has 2 aromatic rings. The number of nitrogens with two attached hydrogens (primary N) is 1. The van der Waals surface area contributed by atoms with Crippen molar-refractivity contribution in [1.29, 1.82) is 0 Å². The van der Waals surface area contributed by atoms with Crippen LogP contribution in [0.1, 0.15) is 24.4 Å². The fourth-order valence-electron chi connectivity index (χ4n) is 1.84. The van der Waals surface area contributed by atoms with Crippen molar-refractivity contribution in [3.8, 4) is 0 Å². The lowest BCUT2D eigenvalue weighted by molar-refractivity contribution is -0.116. The van der Waals surface area contributed by atoms with Gasteiger partial charge in [0.1, 0.15) is 0 Å². The Morgan fingerprint density at radius 2 is 2.05 bits per heavy atom. The van der Waals surface area contributed by atoms with E-state index in [1.807, 2.05) is 30.3 Å². The molecule has 0 saturated carbocycles. The van der Waals surface area contributed by atoms with Crippen LogP contribution in [0, 0.1) is 0 Å². The topological polar surface area (TPSA) is 68.0 Å². The van der Waals surface area contributed by atoms with Crippen LogP contribution in [-0.4, -0.2) is 10.9 Å². The average molecular weight is 290 g/mol. The van der Waals surface area contributed by atoms with Crippen LogP contribution in [-0.2, 0) is 4.79 Å². The van der Waals surface area contributed by atoms with Crippen molar-refractivity contribution >= 4 is 23.2 Å². The van der Waals surface area contributed by atoms with Gasteiger partial charge in [0.25, 0.3) is 0 Å². The summed E-state index contributed by atoms with van der Waals surface area (Å²) in [5.41, 5.74) is 7.60. The second kappa shape index (κ2) is 7.03. The molecule has 0 radical (unpaired) electrons. The summed E-state index contributed by atoms with van der Waals surface area (Å²) in [7, 11) is 0. The van der Waals surface area contributed by atoms with E-state index in [0.717, 1.165) is 5.56 Å². The predicted octanol–water partition coefficient (Wildman–Crippen LogP) is 3.15. The first-order chi connectivity index (χ1) is 9.66. The number of amides is 1. The molecule has 20 heavy (non-hydrogen) atoms. The molecule has 1 atom stereocenters. The van der Waals surface area contributed by atoms with Gasteiger partial charge in [-0.15, -0.1) is 0 Å². The first kappa shape index (κ1) is 14.5. The van der Waals surface area contributed by atoms with Gasteiger partial charge in [0.2, 0.25) is 5.91 Å². The van der Waals surface area contributed by atoms with Crippen molar-refractivity contribution in [2.45, 2.75) is 18.9 Å². The summed E-state index contributed by atoms with van der Waals surface area (Å²) in [5, 5.41) is 3.20. The van der Waals surface area contributed by atoms with Crippen molar-refractivity contribution in [1.82, 2.24) is 4.98 Å². The number of carbonyl (C=O) groups is 1. The van der Waals surface area contributed by atoms with Crippen molar-refractivity contribution in [2.24, 2.45) is 5.73 Å². The van der Waals surface area contributed by atoms with Crippen molar-refractivity contribution in [2.75, 3.05) is 5.32 Å². The third-order valence-electron chi connectivity index (χ3n) is 2.95. The van der Waals surface area contributed by atoms with Crippen LogP contribution in [0.5, 0.6) is 0 Å². The number of pyridine rings is 1. The summed E-state index contributed by atoms with van der Waals surface area (Å²) in [6.45, 7) is 0. The van der Waals surface area contributed by atoms with E-state index in [2.05, 4.69) is 10.3 Å². The Labute approximate surface area is 123 Å². The Bertz CT molecular complexity index is 574. The van der Waals surface area contributed by atoms with Gasteiger partial charge in [-0.1, -0.05) is 41.9 Å². The normalized spacial score (nSPS) is 11.9. The number of hydrogen-bond donors (Lipinski definition) is 2. The van der Waals surface area contributed by atoms with Gasteiger partial charge in [0.05, 0.1) is 16.9 Å². The minimum absolute atomic E-state index is 0.119. The molecule has 0 bridgehead atoms. The van der Waals surface area contributed by atoms with Crippen LogP contribution >= 0.6 is 11.6 Å². The minimum Gasteiger partial charge on any atom is -0.324 e. The highest BCUT2D eigenvalue weighted by Gasteiger charge is 2.10. The van der Waals surface area contributed by atoms with E-state index in [1.54, 1.807) is 12.3 Å². The maximum absolute atomic E-state index is 11.8. The smallest absolute Gasteiger partial charge is 0.224 e. The molecular formula is C15H16ClN3O. The maximum Gasteiger partial charge on any atom is 0.224 e. The zero-order valence-electron chi connectivity index (χ0n) is 10.9. The quantitative estimate of drug-likeness (QED) is 0.888. The van der Waals surface area contributed by atoms with Crippen LogP contribution in [0.3, 0.4) is 0 Å². The van der Waals surface area contributed by atoms with Gasteiger partial charge in [-0.05, 0) is 18.1 Å². The van der Waals surface area contributed by atoms with E-state index in [4.69, 9.17) is 17.3 Å². The lowest BCUT2D eigenvalue weighted by atomic mass is 10.0. The Kier molecular flexibility index (Phi) is 5.09. The maximum atomic E-state index is 11.8. The Hall–Kier alpha value is -1.91. The molecule has 0 aliphatic carbocycles. The van der Waals surface area contributed by atoms with E-state index >= 15 is 0 Å². The van der Waals surface area contributed by atoms with E-state index in [9.17, 15) is 4.79 Å². The molecule has 1 aromatic carbocycles. The molecule has 0 aliphatic rings. The van der Waals surface area contributed by atoms with Crippen molar-refractivity contribution in [3.05, 3.63) is 59.4 Å². The molecule has 1 unspecified atom stereocenters. The number of carbonyl (C=O) groups excluding carboxylic acids is 1. The number of aromatic nitrogens is 1. The van der Waals surface area contributed by atoms with Gasteiger partial charge < -0.3 is 11.1 Å². The largest absolute Gasteiger partial charge is 0.324 e. The average Bonchev–Trinajstić information content (AvgIpc) is 2.48. The van der Waals surface area contributed by atoms with E-state index in [-0.39, 0.29) is 11.9 Å². The predicted molar refractivity (Wildman–Crippen MR) is 80.5 cm³/mol. The Balaban J connectivity index is 1.85. The van der Waals surface area contributed by atoms with Gasteiger partial charge in [0.15, 0.2) is 0 Å². The molecule has 0 saturated heterocycles. The molecule has 4 nitrogen and oxygen atoms in total. The number of halogens is 1. The summed E-state index contributed by atoms with van der Waals surface area (Å²) < 4.78 is 0. The van der Waals surface area contributed by atoms with Crippen LogP contribution in [0.15, 0.2) is 48.8 Å². The first-order valence-electron chi connectivity index (χ1n) is 6.36. The zero-order valence-corrected chi connectivity index (χ0v) is 11.7. The molecule has 5 heteroatoms. The lowest BCUT2D eigenvalue weighted by Gasteiger charge is -2.12. The lowest BCUT2D eigenvalue weighted by Crippen LogP contribution is -2.16. The highest BCUT2D eigenvalue weighted by Crippen LogP contribution is 2.20. The van der Waals surface area contributed by atoms with Gasteiger partial charge in [-0.2, -0.15) is 0 Å². The highest BCUT2D eigenvalue weighted by atomic mass is 35.5. The molecule has 0 spiro atoms. The monoisotopic (exact) mass is 289 g/mol. The molecular weight excluding hydrogens is 274 g/mol. The summed E-state index contributed by atoms with van der Waals surface area (Å²) in [4.78, 5) is 15.8. The third-order valence-corrected chi connectivity index (χ3v) is 3.28. The third kappa shape index (κ3) is 4.05. The summed E-state index contributed by atoms with van der Waals surface area (Å²) in [6, 6.07) is 11.2. The molecule has 2 rings (SSSR count). The summed E-state index contributed by atoms with van der Waals surface area (Å²) in [6.07, 6.45) is 4.01. The fraction of sp³-hybridized carbons (Fsp3) is 0.200. The Morgan fingerprint density at radius 3 is 2.75 bits per heavy atom. The Morgan fingerprint density at radius 1 is 1.30 bits per heavy atom. The van der Waals surface area contributed by atoms with Crippen molar-refractivity contribution in [3.63, 3.8) is 0 Å². The van der Waals surface area contributed by atoms with E-state index in [1.165, 1.54) is 6.20 Å². The minimum atomic E-state index is -0.147. The second-order valence-electron chi connectivity index (χ2n) is 4.46. The second-order valence-corrected chi connectivity index (χ2v) is 4.87. The van der Waals surface area contributed by atoms with Crippen LogP contribution in [0.4, 0.5) is 5.69 Å². The van der Waals surface area contributed by atoms with Crippen LogP contribution in [0.2, 0.25) is 5.02 Å². The molecule has 3 N–H and O–H groups in total. The molecule has 1 amide bonds. The molecule has 1 aromatic heterocycles. The zero-order chi connectivity index (χ0) is 14.4. The fourth-order valence-corrected chi connectivity index (χ4v) is 1.99. The number of hydrogen-bond acceptors (Lipinski definition) is 3. The number of nitrogens with zero attached hydrogens (tertiary/aromatic N) is 1. The number of rotatable bonds is 5. The van der Waals surface area contributed by atoms with Crippen LogP contribution in [0.25, 0.3) is 0 Å². The first-order valence-corrected chi connectivity index (χ1v) is 6.74. The van der Waals surface area contributed by atoms with Crippen LogP contribution < -0.4 is 11.1 Å². The van der Waals surface area contributed by atoms with Crippen molar-refractivity contribution < 1.29 is 4.79 Å². The van der Waals surface area contributed by atoms with Gasteiger partial charge in [-0.3, -0.25) is 9.78 Å². The van der Waals surface area contributed by atoms with Gasteiger partial charge >= 0.3 is 0 Å². The van der Waals surface area contributed by atoms with Gasteiger partial charge in [-0.25, -0.2) is 0 Å².